The Balaban J connectivity index is 1.45. The molecule has 27 heavy (non-hydrogen) atoms. The molecule has 0 fully saturated rings. The Morgan fingerprint density at radius 3 is 2.52 bits per heavy atom. The summed E-state index contributed by atoms with van der Waals surface area (Å²) in [5.74, 6) is 1.84. The number of hydrogen-bond donors (Lipinski definition) is 3. The number of nitrogens with one attached hydrogen (secondary N) is 3. The number of pyridine rings is 1. The van der Waals surface area contributed by atoms with Gasteiger partial charge in [0, 0.05) is 23.8 Å². The van der Waals surface area contributed by atoms with Crippen molar-refractivity contribution in [2.45, 2.75) is 6.92 Å². The molecule has 3 N–H and O–H groups in total. The molecule has 2 aromatic heterocycles. The van der Waals surface area contributed by atoms with E-state index in [1.54, 1.807) is 12.3 Å². The molecule has 0 bridgehead atoms. The van der Waals surface area contributed by atoms with E-state index >= 15 is 0 Å². The third kappa shape index (κ3) is 5.49. The maximum Gasteiger partial charge on any atom is 0.252 e. The molecule has 3 rings (SSSR count). The van der Waals surface area contributed by atoms with Crippen molar-refractivity contribution in [1.82, 2.24) is 20.5 Å². The van der Waals surface area contributed by atoms with Crippen LogP contribution in [0.25, 0.3) is 0 Å². The number of nitrogens with zero attached hydrogens (tertiary/aromatic N) is 3. The molecular weight excluding hydrogens is 408 g/mol. The fourth-order valence-corrected chi connectivity index (χ4v) is 2.80. The molecule has 0 aliphatic carbocycles. The molecule has 138 valence electrons. The van der Waals surface area contributed by atoms with Gasteiger partial charge in [-0.3, -0.25) is 4.79 Å². The minimum atomic E-state index is -0.124. The highest BCUT2D eigenvalue weighted by molar-refractivity contribution is 9.10. The third-order valence-electron chi connectivity index (χ3n) is 3.67. The number of hydrogen-bond acceptors (Lipinski definition) is 6. The molecule has 1 aromatic carbocycles. The molecule has 0 saturated carbocycles. The van der Waals surface area contributed by atoms with Gasteiger partial charge in [0.1, 0.15) is 11.6 Å². The van der Waals surface area contributed by atoms with Crippen molar-refractivity contribution in [1.29, 1.82) is 0 Å². The van der Waals surface area contributed by atoms with Crippen molar-refractivity contribution in [2.24, 2.45) is 0 Å². The summed E-state index contributed by atoms with van der Waals surface area (Å²) in [7, 11) is 0. The smallest absolute Gasteiger partial charge is 0.252 e. The second kappa shape index (κ2) is 9.09. The maximum atomic E-state index is 12.1. The number of carbonyl (C=O) groups is 1. The Morgan fingerprint density at radius 1 is 1.00 bits per heavy atom. The predicted molar refractivity (Wildman–Crippen MR) is 109 cm³/mol. The topological polar surface area (TPSA) is 91.8 Å². The van der Waals surface area contributed by atoms with Gasteiger partial charge in [-0.1, -0.05) is 12.1 Å². The first-order valence-electron chi connectivity index (χ1n) is 8.42. The Kier molecular flexibility index (Phi) is 6.32. The van der Waals surface area contributed by atoms with E-state index in [-0.39, 0.29) is 5.91 Å². The van der Waals surface area contributed by atoms with E-state index in [9.17, 15) is 4.79 Å². The van der Waals surface area contributed by atoms with Gasteiger partial charge in [-0.25, -0.2) is 4.98 Å². The minimum Gasteiger partial charge on any atom is -0.367 e. The zero-order valence-electron chi connectivity index (χ0n) is 14.7. The number of anilines is 3. The molecule has 0 atom stereocenters. The fourth-order valence-electron chi connectivity index (χ4n) is 2.34. The summed E-state index contributed by atoms with van der Waals surface area (Å²) in [5, 5.41) is 17.3. The van der Waals surface area contributed by atoms with Crippen molar-refractivity contribution in [3.63, 3.8) is 0 Å². The number of amides is 1. The van der Waals surface area contributed by atoms with Gasteiger partial charge in [0.2, 0.25) is 0 Å². The second-order valence-corrected chi connectivity index (χ2v) is 6.66. The highest BCUT2D eigenvalue weighted by Gasteiger charge is 2.08. The van der Waals surface area contributed by atoms with Crippen molar-refractivity contribution < 1.29 is 4.79 Å². The summed E-state index contributed by atoms with van der Waals surface area (Å²) in [6.07, 6.45) is 1.74. The van der Waals surface area contributed by atoms with Gasteiger partial charge in [0.05, 0.1) is 5.56 Å². The van der Waals surface area contributed by atoms with Gasteiger partial charge in [-0.15, -0.1) is 10.2 Å². The van der Waals surface area contributed by atoms with Crippen molar-refractivity contribution in [2.75, 3.05) is 23.7 Å². The Labute approximate surface area is 165 Å². The molecule has 0 radical (unpaired) electrons. The molecule has 2 heterocycles. The minimum absolute atomic E-state index is 0.124. The maximum absolute atomic E-state index is 12.1. The first kappa shape index (κ1) is 18.8. The van der Waals surface area contributed by atoms with Gasteiger partial charge < -0.3 is 16.0 Å². The van der Waals surface area contributed by atoms with E-state index in [0.29, 0.717) is 30.3 Å². The summed E-state index contributed by atoms with van der Waals surface area (Å²) in [6, 6.07) is 14.8. The van der Waals surface area contributed by atoms with Crippen molar-refractivity contribution >= 4 is 39.3 Å². The van der Waals surface area contributed by atoms with Crippen molar-refractivity contribution in [3.8, 4) is 0 Å². The Hall–Kier alpha value is -3.00. The van der Waals surface area contributed by atoms with Crippen LogP contribution in [0, 0.1) is 6.92 Å². The van der Waals surface area contributed by atoms with Crippen LogP contribution in [-0.2, 0) is 0 Å². The zero-order valence-corrected chi connectivity index (χ0v) is 16.3. The zero-order chi connectivity index (χ0) is 19.1. The van der Waals surface area contributed by atoms with Crippen LogP contribution in [0.15, 0.2) is 59.2 Å². The molecule has 0 spiro atoms. The lowest BCUT2D eigenvalue weighted by Gasteiger charge is -2.09. The number of carbonyl (C=O) groups excluding carboxylic acids is 1. The number of rotatable bonds is 7. The average Bonchev–Trinajstić information content (AvgIpc) is 2.67. The quantitative estimate of drug-likeness (QED) is 0.500. The van der Waals surface area contributed by atoms with Crippen LogP contribution in [0.3, 0.4) is 0 Å². The lowest BCUT2D eigenvalue weighted by Crippen LogP contribution is -2.29. The van der Waals surface area contributed by atoms with Gasteiger partial charge >= 0.3 is 0 Å². The van der Waals surface area contributed by atoms with Crippen LogP contribution in [-0.4, -0.2) is 34.2 Å². The standard InChI is InChI=1S/C19H19BrN6O/c1-13-8-9-21-18(12-13)24-17-7-6-16(25-26-17)22-10-11-23-19(27)14-4-2-3-5-15(14)20/h2-9,12H,10-11H2,1H3,(H,22,25)(H,23,27)(H,21,24,26). The summed E-state index contributed by atoms with van der Waals surface area (Å²) < 4.78 is 0.771. The summed E-state index contributed by atoms with van der Waals surface area (Å²) in [4.78, 5) is 16.3. The van der Waals surface area contributed by atoms with E-state index in [1.807, 2.05) is 49.4 Å². The molecule has 0 aliphatic heterocycles. The third-order valence-corrected chi connectivity index (χ3v) is 4.36. The molecule has 7 nitrogen and oxygen atoms in total. The lowest BCUT2D eigenvalue weighted by atomic mass is 10.2. The first-order chi connectivity index (χ1) is 13.1. The molecule has 0 aliphatic rings. The van der Waals surface area contributed by atoms with Gasteiger partial charge in [0.25, 0.3) is 5.91 Å². The Bertz CT molecular complexity index is 916. The summed E-state index contributed by atoms with van der Waals surface area (Å²) in [5.41, 5.74) is 1.72. The molecular formula is C19H19BrN6O. The highest BCUT2D eigenvalue weighted by Crippen LogP contribution is 2.15. The van der Waals surface area contributed by atoms with E-state index in [4.69, 9.17) is 0 Å². The van der Waals surface area contributed by atoms with Gasteiger partial charge in [0.15, 0.2) is 5.82 Å². The van der Waals surface area contributed by atoms with Gasteiger partial charge in [-0.05, 0) is 64.8 Å². The second-order valence-electron chi connectivity index (χ2n) is 5.81. The van der Waals surface area contributed by atoms with Crippen LogP contribution in [0.5, 0.6) is 0 Å². The van der Waals surface area contributed by atoms with Crippen LogP contribution >= 0.6 is 15.9 Å². The summed E-state index contributed by atoms with van der Waals surface area (Å²) >= 11 is 3.37. The largest absolute Gasteiger partial charge is 0.367 e. The monoisotopic (exact) mass is 426 g/mol. The lowest BCUT2D eigenvalue weighted by molar-refractivity contribution is 0.0954. The van der Waals surface area contributed by atoms with Gasteiger partial charge in [-0.2, -0.15) is 0 Å². The van der Waals surface area contributed by atoms with Crippen LogP contribution in [0.4, 0.5) is 17.5 Å². The van der Waals surface area contributed by atoms with E-state index in [0.717, 1.165) is 15.9 Å². The van der Waals surface area contributed by atoms with E-state index in [2.05, 4.69) is 47.1 Å². The number of benzene rings is 1. The van der Waals surface area contributed by atoms with E-state index in [1.165, 1.54) is 0 Å². The number of aryl methyl sites for hydroxylation is 1. The van der Waals surface area contributed by atoms with Crippen LogP contribution < -0.4 is 16.0 Å². The normalized spacial score (nSPS) is 10.3. The SMILES string of the molecule is Cc1ccnc(Nc2ccc(NCCNC(=O)c3ccccc3Br)nn2)c1. The fraction of sp³-hybridized carbons (Fsp3) is 0.158. The number of halogens is 1. The van der Waals surface area contributed by atoms with Crippen LogP contribution in [0.2, 0.25) is 0 Å². The average molecular weight is 427 g/mol. The molecule has 3 aromatic rings. The number of aromatic nitrogens is 3. The summed E-state index contributed by atoms with van der Waals surface area (Å²) in [6.45, 7) is 3.01. The first-order valence-corrected chi connectivity index (χ1v) is 9.21. The molecule has 0 unspecified atom stereocenters. The van der Waals surface area contributed by atoms with E-state index < -0.39 is 0 Å². The molecule has 0 saturated heterocycles. The molecule has 1 amide bonds. The van der Waals surface area contributed by atoms with Crippen LogP contribution in [0.1, 0.15) is 15.9 Å². The predicted octanol–water partition coefficient (Wildman–Crippen LogP) is 3.53. The van der Waals surface area contributed by atoms with Crippen molar-refractivity contribution in [3.05, 3.63) is 70.3 Å². The molecule has 8 heteroatoms. The Morgan fingerprint density at radius 2 is 1.78 bits per heavy atom. The highest BCUT2D eigenvalue weighted by atomic mass is 79.9.